The molecule has 0 unspecified atom stereocenters. The van der Waals surface area contributed by atoms with Gasteiger partial charge in [-0.05, 0) is 65.1 Å². The molecule has 0 atom stereocenters. The number of hydrogen-bond donors (Lipinski definition) is 0. The number of benzene rings is 2. The molecule has 0 bridgehead atoms. The van der Waals surface area contributed by atoms with Crippen LogP contribution in [0.2, 0.25) is 5.02 Å². The molecule has 116 valence electrons. The molecule has 0 aliphatic rings. The highest BCUT2D eigenvalue weighted by Gasteiger charge is 2.12. The van der Waals surface area contributed by atoms with Gasteiger partial charge in [-0.15, -0.1) is 0 Å². The summed E-state index contributed by atoms with van der Waals surface area (Å²) in [5, 5.41) is 5.05. The van der Waals surface area contributed by atoms with E-state index < -0.39 is 0 Å². The summed E-state index contributed by atoms with van der Waals surface area (Å²) >= 11 is 8.27. The average molecular weight is 439 g/mol. The lowest BCUT2D eigenvalue weighted by Gasteiger charge is -2.09. The summed E-state index contributed by atoms with van der Waals surface area (Å²) in [5.74, 6) is 0.763. The van der Waals surface area contributed by atoms with Gasteiger partial charge in [0.15, 0.2) is 6.29 Å². The summed E-state index contributed by atoms with van der Waals surface area (Å²) in [6, 6.07) is 15.0. The number of nitrogens with zero attached hydrogens (tertiary/aromatic N) is 2. The molecule has 0 saturated carbocycles. The van der Waals surface area contributed by atoms with Crippen molar-refractivity contribution >= 4 is 40.5 Å². The van der Waals surface area contributed by atoms with Gasteiger partial charge in [-0.1, -0.05) is 17.7 Å². The molecule has 1 heterocycles. The summed E-state index contributed by atoms with van der Waals surface area (Å²) in [6.07, 6.45) is 0.740. The molecule has 0 saturated heterocycles. The third-order valence-electron chi connectivity index (χ3n) is 3.38. The Morgan fingerprint density at radius 3 is 2.52 bits per heavy atom. The number of rotatable bonds is 4. The molecule has 0 aliphatic heterocycles. The van der Waals surface area contributed by atoms with Crippen LogP contribution in [0.1, 0.15) is 10.5 Å². The molecule has 0 aliphatic carbocycles. The largest absolute Gasteiger partial charge is 0.497 e. The minimum absolute atomic E-state index is 0.376. The van der Waals surface area contributed by atoms with E-state index in [9.17, 15) is 4.79 Å². The molecule has 3 rings (SSSR count). The van der Waals surface area contributed by atoms with Gasteiger partial charge in [-0.2, -0.15) is 5.10 Å². The smallest absolute Gasteiger partial charge is 0.170 e. The monoisotopic (exact) mass is 438 g/mol. The van der Waals surface area contributed by atoms with Crippen LogP contribution >= 0.6 is 34.2 Å². The van der Waals surface area contributed by atoms with Gasteiger partial charge in [0.05, 0.1) is 23.5 Å². The van der Waals surface area contributed by atoms with Crippen molar-refractivity contribution in [2.45, 2.75) is 0 Å². The van der Waals surface area contributed by atoms with Crippen molar-refractivity contribution < 1.29 is 9.53 Å². The van der Waals surface area contributed by atoms with E-state index in [2.05, 4.69) is 27.7 Å². The molecule has 6 heteroatoms. The fourth-order valence-electron chi connectivity index (χ4n) is 2.24. The van der Waals surface area contributed by atoms with Crippen LogP contribution in [0.25, 0.3) is 16.9 Å². The molecule has 0 fully saturated rings. The lowest BCUT2D eigenvalue weighted by Crippen LogP contribution is -2.00. The number of halogens is 2. The Bertz CT molecular complexity index is 860. The van der Waals surface area contributed by atoms with Crippen LogP contribution in [-0.2, 0) is 0 Å². The Labute approximate surface area is 152 Å². The number of aromatic nitrogens is 2. The summed E-state index contributed by atoms with van der Waals surface area (Å²) in [6.45, 7) is 0. The quantitative estimate of drug-likeness (QED) is 0.441. The molecular formula is C17H12ClIN2O2. The fraction of sp³-hybridized carbons (Fsp3) is 0.0588. The van der Waals surface area contributed by atoms with E-state index in [0.29, 0.717) is 10.7 Å². The number of methoxy groups -OCH3 is 1. The Hall–Kier alpha value is -1.86. The maximum Gasteiger partial charge on any atom is 0.170 e. The number of carbonyl (C=O) groups is 1. The Morgan fingerprint density at radius 1 is 1.17 bits per heavy atom. The van der Waals surface area contributed by atoms with Crippen LogP contribution in [0.5, 0.6) is 5.75 Å². The molecule has 1 aromatic heterocycles. The van der Waals surface area contributed by atoms with Crippen LogP contribution < -0.4 is 4.74 Å². The van der Waals surface area contributed by atoms with E-state index in [1.54, 1.807) is 17.9 Å². The highest BCUT2D eigenvalue weighted by Crippen LogP contribution is 2.29. The molecule has 0 spiro atoms. The minimum Gasteiger partial charge on any atom is -0.497 e. The third kappa shape index (κ3) is 3.25. The van der Waals surface area contributed by atoms with Gasteiger partial charge in [-0.25, -0.2) is 4.68 Å². The summed E-state index contributed by atoms with van der Waals surface area (Å²) in [4.78, 5) is 11.1. The topological polar surface area (TPSA) is 44.1 Å². The second-order valence-corrected chi connectivity index (χ2v) is 6.38. The first-order valence-corrected chi connectivity index (χ1v) is 8.23. The lowest BCUT2D eigenvalue weighted by atomic mass is 10.1. The molecular weight excluding hydrogens is 427 g/mol. The highest BCUT2D eigenvalue weighted by molar-refractivity contribution is 14.1. The van der Waals surface area contributed by atoms with Crippen molar-refractivity contribution in [1.82, 2.24) is 9.78 Å². The van der Waals surface area contributed by atoms with Gasteiger partial charge in [0, 0.05) is 9.13 Å². The van der Waals surface area contributed by atoms with Crippen molar-refractivity contribution in [2.75, 3.05) is 7.11 Å². The van der Waals surface area contributed by atoms with E-state index in [-0.39, 0.29) is 0 Å². The first-order valence-electron chi connectivity index (χ1n) is 6.77. The molecule has 0 N–H and O–H groups in total. The van der Waals surface area contributed by atoms with Crippen molar-refractivity contribution in [3.8, 4) is 22.7 Å². The Kier molecular flexibility index (Phi) is 4.68. The summed E-state index contributed by atoms with van der Waals surface area (Å²) in [5.41, 5.74) is 2.99. The van der Waals surface area contributed by atoms with Crippen molar-refractivity contribution in [3.63, 3.8) is 0 Å². The molecule has 0 radical (unpaired) electrons. The molecule has 2 aromatic carbocycles. The highest BCUT2D eigenvalue weighted by atomic mass is 127. The predicted octanol–water partition coefficient (Wildman–Crippen LogP) is 4.62. The maximum absolute atomic E-state index is 11.1. The number of carbonyl (C=O) groups excluding carboxylic acids is 1. The van der Waals surface area contributed by atoms with Crippen molar-refractivity contribution in [2.24, 2.45) is 0 Å². The summed E-state index contributed by atoms with van der Waals surface area (Å²) < 4.78 is 7.85. The van der Waals surface area contributed by atoms with E-state index >= 15 is 0 Å². The van der Waals surface area contributed by atoms with Crippen LogP contribution in [0.3, 0.4) is 0 Å². The van der Waals surface area contributed by atoms with Crippen molar-refractivity contribution in [3.05, 3.63) is 62.8 Å². The second kappa shape index (κ2) is 6.72. The van der Waals surface area contributed by atoms with Gasteiger partial charge in [0.2, 0.25) is 0 Å². The van der Waals surface area contributed by atoms with Crippen LogP contribution in [0.4, 0.5) is 0 Å². The van der Waals surface area contributed by atoms with Crippen LogP contribution in [0, 0.1) is 3.57 Å². The SMILES string of the molecule is COc1ccc(-n2nc(C=O)cc2-c2ccc(Cl)c(I)c2)cc1. The zero-order valence-corrected chi connectivity index (χ0v) is 15.1. The van der Waals surface area contributed by atoms with Gasteiger partial charge >= 0.3 is 0 Å². The minimum atomic E-state index is 0.376. The molecule has 3 aromatic rings. The van der Waals surface area contributed by atoms with Gasteiger partial charge < -0.3 is 4.74 Å². The van der Waals surface area contributed by atoms with E-state index in [0.717, 1.165) is 32.6 Å². The Morgan fingerprint density at radius 2 is 1.91 bits per heavy atom. The number of ether oxygens (including phenoxy) is 1. The first kappa shape index (κ1) is 16.0. The standard InChI is InChI=1S/C17H12ClIN2O2/c1-23-14-5-3-13(4-6-14)21-17(9-12(10-22)20-21)11-2-7-15(18)16(19)8-11/h2-10H,1H3. The molecule has 4 nitrogen and oxygen atoms in total. The summed E-state index contributed by atoms with van der Waals surface area (Å²) in [7, 11) is 1.62. The zero-order chi connectivity index (χ0) is 16.4. The van der Waals surface area contributed by atoms with Gasteiger partial charge in [-0.3, -0.25) is 4.79 Å². The van der Waals surface area contributed by atoms with Crippen molar-refractivity contribution in [1.29, 1.82) is 0 Å². The third-order valence-corrected chi connectivity index (χ3v) is 4.92. The van der Waals surface area contributed by atoms with Crippen LogP contribution in [0.15, 0.2) is 48.5 Å². The number of aldehydes is 1. The maximum atomic E-state index is 11.1. The lowest BCUT2D eigenvalue weighted by molar-refractivity contribution is 0.111. The van der Waals surface area contributed by atoms with E-state index in [1.165, 1.54) is 0 Å². The average Bonchev–Trinajstić information content (AvgIpc) is 3.02. The van der Waals surface area contributed by atoms with E-state index in [4.69, 9.17) is 16.3 Å². The van der Waals surface area contributed by atoms with Crippen LogP contribution in [-0.4, -0.2) is 23.2 Å². The fourth-order valence-corrected chi connectivity index (χ4v) is 2.87. The zero-order valence-electron chi connectivity index (χ0n) is 12.2. The first-order chi connectivity index (χ1) is 11.1. The number of hydrogen-bond acceptors (Lipinski definition) is 3. The predicted molar refractivity (Wildman–Crippen MR) is 98.7 cm³/mol. The Balaban J connectivity index is 2.14. The van der Waals surface area contributed by atoms with E-state index in [1.807, 2.05) is 42.5 Å². The second-order valence-electron chi connectivity index (χ2n) is 4.81. The van der Waals surface area contributed by atoms with Gasteiger partial charge in [0.25, 0.3) is 0 Å². The molecule has 0 amide bonds. The normalized spacial score (nSPS) is 10.6. The molecule has 23 heavy (non-hydrogen) atoms. The van der Waals surface area contributed by atoms with Gasteiger partial charge in [0.1, 0.15) is 11.4 Å².